The van der Waals surface area contributed by atoms with Gasteiger partial charge < -0.3 is 4.74 Å². The predicted octanol–water partition coefficient (Wildman–Crippen LogP) is 1.73. The maximum Gasteiger partial charge on any atom is 0.342 e. The summed E-state index contributed by atoms with van der Waals surface area (Å²) in [4.78, 5) is 11.2. The molecule has 0 aliphatic rings. The van der Waals surface area contributed by atoms with E-state index in [-0.39, 0.29) is 5.15 Å². The van der Waals surface area contributed by atoms with Crippen molar-refractivity contribution in [3.63, 3.8) is 0 Å². The minimum Gasteiger partial charge on any atom is -0.462 e. The molecule has 0 radical (unpaired) electrons. The van der Waals surface area contributed by atoms with Gasteiger partial charge >= 0.3 is 5.97 Å². The molecule has 1 heterocycles. The van der Waals surface area contributed by atoms with Crippen LogP contribution in [-0.4, -0.2) is 22.4 Å². The first kappa shape index (κ1) is 10.1. The quantitative estimate of drug-likeness (QED) is 0.702. The van der Waals surface area contributed by atoms with E-state index in [0.717, 1.165) is 0 Å². The van der Waals surface area contributed by atoms with E-state index in [9.17, 15) is 4.79 Å². The standard InChI is InChI=1S/C8H11ClN2O2/c1-3-11-5-6(7(9)10-11)8(12)13-4-2/h5H,3-4H2,1-2H3. The van der Waals surface area contributed by atoms with Crippen molar-refractivity contribution in [1.29, 1.82) is 0 Å². The summed E-state index contributed by atoms with van der Waals surface area (Å²) in [5.74, 6) is -0.424. The summed E-state index contributed by atoms with van der Waals surface area (Å²) < 4.78 is 6.38. The minimum atomic E-state index is -0.424. The first-order chi connectivity index (χ1) is 6.19. The molecule has 0 bridgehead atoms. The monoisotopic (exact) mass is 202 g/mol. The summed E-state index contributed by atoms with van der Waals surface area (Å²) in [6, 6.07) is 0. The van der Waals surface area contributed by atoms with Crippen molar-refractivity contribution in [1.82, 2.24) is 9.78 Å². The zero-order valence-corrected chi connectivity index (χ0v) is 8.34. The third-order valence-electron chi connectivity index (χ3n) is 1.54. The fourth-order valence-electron chi connectivity index (χ4n) is 0.906. The molecule has 0 fully saturated rings. The van der Waals surface area contributed by atoms with Crippen molar-refractivity contribution in [3.8, 4) is 0 Å². The molecule has 0 aliphatic carbocycles. The van der Waals surface area contributed by atoms with Crippen LogP contribution in [0, 0.1) is 0 Å². The molecule has 1 aromatic heterocycles. The Morgan fingerprint density at radius 3 is 2.85 bits per heavy atom. The number of aromatic nitrogens is 2. The molecule has 0 saturated carbocycles. The van der Waals surface area contributed by atoms with E-state index in [4.69, 9.17) is 16.3 Å². The van der Waals surface area contributed by atoms with Crippen LogP contribution in [0.15, 0.2) is 6.20 Å². The highest BCUT2D eigenvalue weighted by Crippen LogP contribution is 2.14. The van der Waals surface area contributed by atoms with Crippen molar-refractivity contribution < 1.29 is 9.53 Å². The third kappa shape index (κ3) is 2.21. The Morgan fingerprint density at radius 1 is 1.69 bits per heavy atom. The van der Waals surface area contributed by atoms with Crippen molar-refractivity contribution in [3.05, 3.63) is 16.9 Å². The minimum absolute atomic E-state index is 0.195. The maximum atomic E-state index is 11.2. The second-order valence-electron chi connectivity index (χ2n) is 2.41. The lowest BCUT2D eigenvalue weighted by Crippen LogP contribution is -2.03. The van der Waals surface area contributed by atoms with Crippen LogP contribution in [-0.2, 0) is 11.3 Å². The molecular weight excluding hydrogens is 192 g/mol. The first-order valence-corrected chi connectivity index (χ1v) is 4.46. The summed E-state index contributed by atoms with van der Waals surface area (Å²) in [6.07, 6.45) is 1.58. The highest BCUT2D eigenvalue weighted by Gasteiger charge is 2.14. The number of hydrogen-bond donors (Lipinski definition) is 0. The van der Waals surface area contributed by atoms with Gasteiger partial charge in [-0.15, -0.1) is 0 Å². The average Bonchev–Trinajstić information content (AvgIpc) is 2.47. The lowest BCUT2D eigenvalue weighted by Gasteiger charge is -1.97. The third-order valence-corrected chi connectivity index (χ3v) is 1.82. The average molecular weight is 203 g/mol. The highest BCUT2D eigenvalue weighted by molar-refractivity contribution is 6.32. The molecule has 0 saturated heterocycles. The molecular formula is C8H11ClN2O2. The number of carbonyl (C=O) groups excluding carboxylic acids is 1. The predicted molar refractivity (Wildman–Crippen MR) is 48.9 cm³/mol. The van der Waals surface area contributed by atoms with E-state index in [1.165, 1.54) is 0 Å². The van der Waals surface area contributed by atoms with Gasteiger partial charge in [0.25, 0.3) is 0 Å². The van der Waals surface area contributed by atoms with E-state index < -0.39 is 5.97 Å². The van der Waals surface area contributed by atoms with Crippen LogP contribution in [0.2, 0.25) is 5.15 Å². The molecule has 0 aliphatic heterocycles. The molecule has 5 heteroatoms. The van der Waals surface area contributed by atoms with Crippen LogP contribution >= 0.6 is 11.6 Å². The molecule has 4 nitrogen and oxygen atoms in total. The molecule has 0 N–H and O–H groups in total. The number of hydrogen-bond acceptors (Lipinski definition) is 3. The largest absolute Gasteiger partial charge is 0.462 e. The van der Waals surface area contributed by atoms with Crippen LogP contribution in [0.4, 0.5) is 0 Å². The molecule has 0 spiro atoms. The van der Waals surface area contributed by atoms with Crippen LogP contribution in [0.3, 0.4) is 0 Å². The number of esters is 1. The van der Waals surface area contributed by atoms with Crippen molar-refractivity contribution in [2.24, 2.45) is 0 Å². The summed E-state index contributed by atoms with van der Waals surface area (Å²) in [6.45, 7) is 4.68. The smallest absolute Gasteiger partial charge is 0.342 e. The fourth-order valence-corrected chi connectivity index (χ4v) is 1.13. The molecule has 72 valence electrons. The number of ether oxygens (including phenoxy) is 1. The Morgan fingerprint density at radius 2 is 2.38 bits per heavy atom. The van der Waals surface area contributed by atoms with Crippen LogP contribution < -0.4 is 0 Å². The van der Waals surface area contributed by atoms with Crippen LogP contribution in [0.1, 0.15) is 24.2 Å². The number of aryl methyl sites for hydroxylation is 1. The lowest BCUT2D eigenvalue weighted by molar-refractivity contribution is 0.0526. The Kier molecular flexibility index (Phi) is 3.31. The summed E-state index contributed by atoms with van der Waals surface area (Å²) in [5, 5.41) is 4.11. The molecule has 1 aromatic rings. The number of carbonyl (C=O) groups is 1. The molecule has 13 heavy (non-hydrogen) atoms. The topological polar surface area (TPSA) is 44.1 Å². The van der Waals surface area contributed by atoms with Gasteiger partial charge in [-0.1, -0.05) is 11.6 Å². The van der Waals surface area contributed by atoms with Gasteiger partial charge in [-0.25, -0.2) is 4.79 Å². The van der Waals surface area contributed by atoms with E-state index in [2.05, 4.69) is 5.10 Å². The number of halogens is 1. The van der Waals surface area contributed by atoms with E-state index in [0.29, 0.717) is 18.7 Å². The van der Waals surface area contributed by atoms with Gasteiger partial charge in [-0.05, 0) is 13.8 Å². The summed E-state index contributed by atoms with van der Waals surface area (Å²) in [7, 11) is 0. The zero-order valence-electron chi connectivity index (χ0n) is 7.58. The molecule has 0 amide bonds. The Hall–Kier alpha value is -1.03. The lowest BCUT2D eigenvalue weighted by atomic mass is 10.4. The van der Waals surface area contributed by atoms with Gasteiger partial charge in [0.15, 0.2) is 5.15 Å². The maximum absolute atomic E-state index is 11.2. The molecule has 0 aromatic carbocycles. The number of nitrogens with zero attached hydrogens (tertiary/aromatic N) is 2. The van der Waals surface area contributed by atoms with E-state index in [1.807, 2.05) is 6.92 Å². The zero-order chi connectivity index (χ0) is 9.84. The van der Waals surface area contributed by atoms with Crippen molar-refractivity contribution in [2.75, 3.05) is 6.61 Å². The van der Waals surface area contributed by atoms with Gasteiger partial charge in [0.05, 0.1) is 6.61 Å². The first-order valence-electron chi connectivity index (χ1n) is 4.09. The normalized spacial score (nSPS) is 10.1. The SMILES string of the molecule is CCOC(=O)c1cn(CC)nc1Cl. The Labute approximate surface area is 81.4 Å². The fraction of sp³-hybridized carbons (Fsp3) is 0.500. The van der Waals surface area contributed by atoms with Crippen LogP contribution in [0.5, 0.6) is 0 Å². The van der Waals surface area contributed by atoms with E-state index >= 15 is 0 Å². The van der Waals surface area contributed by atoms with Gasteiger partial charge in [-0.2, -0.15) is 5.10 Å². The Balaban J connectivity index is 2.87. The van der Waals surface area contributed by atoms with Gasteiger partial charge in [0, 0.05) is 12.7 Å². The van der Waals surface area contributed by atoms with Crippen molar-refractivity contribution in [2.45, 2.75) is 20.4 Å². The van der Waals surface area contributed by atoms with Crippen molar-refractivity contribution >= 4 is 17.6 Å². The highest BCUT2D eigenvalue weighted by atomic mass is 35.5. The van der Waals surface area contributed by atoms with E-state index in [1.54, 1.807) is 17.8 Å². The second-order valence-corrected chi connectivity index (χ2v) is 2.77. The summed E-state index contributed by atoms with van der Waals surface area (Å²) >= 11 is 5.72. The molecule has 1 rings (SSSR count). The number of rotatable bonds is 3. The molecule has 0 unspecified atom stereocenters. The molecule has 0 atom stereocenters. The van der Waals surface area contributed by atoms with Gasteiger partial charge in [0.1, 0.15) is 5.56 Å². The Bertz CT molecular complexity index is 309. The summed E-state index contributed by atoms with van der Waals surface area (Å²) in [5.41, 5.74) is 0.324. The van der Waals surface area contributed by atoms with Gasteiger partial charge in [0.2, 0.25) is 0 Å². The van der Waals surface area contributed by atoms with Crippen LogP contribution in [0.25, 0.3) is 0 Å². The van der Waals surface area contributed by atoms with Gasteiger partial charge in [-0.3, -0.25) is 4.68 Å². The second kappa shape index (κ2) is 4.28.